The smallest absolute Gasteiger partial charge is 0.205 e. The minimum absolute atomic E-state index is 0.0276. The number of aryl methyl sites for hydroxylation is 2. The lowest BCUT2D eigenvalue weighted by Gasteiger charge is -1.98. The van der Waals surface area contributed by atoms with E-state index in [-0.39, 0.29) is 5.78 Å². The minimum Gasteiger partial charge on any atom is -0.360 e. The van der Waals surface area contributed by atoms with Crippen LogP contribution in [0, 0.1) is 25.2 Å². The number of ketones is 1. The van der Waals surface area contributed by atoms with Crippen LogP contribution in [-0.4, -0.2) is 10.8 Å². The van der Waals surface area contributed by atoms with Gasteiger partial charge in [-0.15, -0.1) is 11.3 Å². The minimum atomic E-state index is -0.0276. The van der Waals surface area contributed by atoms with E-state index >= 15 is 0 Å². The first-order valence-corrected chi connectivity index (χ1v) is 7.05. The van der Waals surface area contributed by atoms with Crippen molar-refractivity contribution in [1.82, 2.24) is 4.98 Å². The molecule has 20 heavy (non-hydrogen) atoms. The maximum atomic E-state index is 12.6. The second-order valence-corrected chi connectivity index (χ2v) is 5.98. The number of thiophene rings is 1. The fourth-order valence-corrected chi connectivity index (χ4v) is 3.26. The van der Waals surface area contributed by atoms with E-state index in [0.29, 0.717) is 21.4 Å². The van der Waals surface area contributed by atoms with Crippen molar-refractivity contribution in [1.29, 1.82) is 5.26 Å². The molecule has 2 heterocycles. The Hall–Kier alpha value is -2.38. The molecule has 1 N–H and O–H groups in total. The van der Waals surface area contributed by atoms with Crippen molar-refractivity contribution in [2.75, 3.05) is 0 Å². The third-order valence-corrected chi connectivity index (χ3v) is 4.61. The van der Waals surface area contributed by atoms with Crippen molar-refractivity contribution in [2.45, 2.75) is 13.8 Å². The van der Waals surface area contributed by atoms with Crippen molar-refractivity contribution < 1.29 is 4.79 Å². The molecule has 98 valence electrons. The Balaban J connectivity index is 2.20. The summed E-state index contributed by atoms with van der Waals surface area (Å²) in [6, 6.07) is 9.48. The summed E-state index contributed by atoms with van der Waals surface area (Å²) >= 11 is 1.50. The zero-order chi connectivity index (χ0) is 14.3. The SMILES string of the molecule is Cc1cc(C(=O)c2c[nH]c3cccc(C#N)c23)sc1C. The summed E-state index contributed by atoms with van der Waals surface area (Å²) < 4.78 is 0. The first-order chi connectivity index (χ1) is 9.61. The quantitative estimate of drug-likeness (QED) is 0.723. The van der Waals surface area contributed by atoms with Crippen molar-refractivity contribution in [3.8, 4) is 6.07 Å². The summed E-state index contributed by atoms with van der Waals surface area (Å²) in [6.45, 7) is 4.01. The number of hydrogen-bond acceptors (Lipinski definition) is 3. The monoisotopic (exact) mass is 280 g/mol. The van der Waals surface area contributed by atoms with Gasteiger partial charge in [0.05, 0.1) is 22.1 Å². The Kier molecular flexibility index (Phi) is 2.92. The van der Waals surface area contributed by atoms with Crippen LogP contribution < -0.4 is 0 Å². The molecule has 0 bridgehead atoms. The average Bonchev–Trinajstić information content (AvgIpc) is 3.02. The van der Waals surface area contributed by atoms with E-state index in [1.807, 2.05) is 32.0 Å². The van der Waals surface area contributed by atoms with Gasteiger partial charge < -0.3 is 4.98 Å². The Labute approximate surface area is 120 Å². The third kappa shape index (κ3) is 1.84. The topological polar surface area (TPSA) is 56.6 Å². The van der Waals surface area contributed by atoms with Crippen LogP contribution in [0.1, 0.15) is 31.2 Å². The van der Waals surface area contributed by atoms with Crippen molar-refractivity contribution in [3.05, 3.63) is 56.9 Å². The molecule has 0 radical (unpaired) electrons. The van der Waals surface area contributed by atoms with Gasteiger partial charge in [0.2, 0.25) is 5.78 Å². The summed E-state index contributed by atoms with van der Waals surface area (Å²) in [6.07, 6.45) is 1.69. The van der Waals surface area contributed by atoms with Crippen molar-refractivity contribution >= 4 is 28.0 Å². The number of H-pyrrole nitrogens is 1. The van der Waals surface area contributed by atoms with Gasteiger partial charge in [-0.1, -0.05) is 6.07 Å². The van der Waals surface area contributed by atoms with Crippen LogP contribution in [0.3, 0.4) is 0 Å². The van der Waals surface area contributed by atoms with Crippen molar-refractivity contribution in [3.63, 3.8) is 0 Å². The van der Waals surface area contributed by atoms with Gasteiger partial charge in [-0.05, 0) is 37.6 Å². The predicted octanol–water partition coefficient (Wildman–Crippen LogP) is 3.95. The second-order valence-electron chi connectivity index (χ2n) is 4.72. The summed E-state index contributed by atoms with van der Waals surface area (Å²) in [5, 5.41) is 9.92. The first-order valence-electron chi connectivity index (χ1n) is 6.23. The van der Waals surface area contributed by atoms with E-state index in [0.717, 1.165) is 16.0 Å². The lowest BCUT2D eigenvalue weighted by atomic mass is 10.0. The van der Waals surface area contributed by atoms with Gasteiger partial charge in [0, 0.05) is 22.0 Å². The number of aromatic nitrogens is 1. The highest BCUT2D eigenvalue weighted by Crippen LogP contribution is 2.28. The molecule has 1 aromatic carbocycles. The first kappa shape index (κ1) is 12.6. The molecule has 0 aliphatic rings. The van der Waals surface area contributed by atoms with Crippen LogP contribution in [-0.2, 0) is 0 Å². The molecule has 0 amide bonds. The Morgan fingerprint density at radius 2 is 2.15 bits per heavy atom. The van der Waals surface area contributed by atoms with E-state index < -0.39 is 0 Å². The molecule has 0 aliphatic carbocycles. The highest BCUT2D eigenvalue weighted by molar-refractivity contribution is 7.14. The van der Waals surface area contributed by atoms with Gasteiger partial charge in [-0.25, -0.2) is 0 Å². The summed E-state index contributed by atoms with van der Waals surface area (Å²) in [7, 11) is 0. The number of hydrogen-bond donors (Lipinski definition) is 1. The van der Waals surface area contributed by atoms with E-state index in [2.05, 4.69) is 11.1 Å². The number of benzene rings is 1. The molecule has 0 unspecified atom stereocenters. The van der Waals surface area contributed by atoms with E-state index in [9.17, 15) is 10.1 Å². The van der Waals surface area contributed by atoms with Gasteiger partial charge in [0.15, 0.2) is 0 Å². The van der Waals surface area contributed by atoms with Crippen LogP contribution >= 0.6 is 11.3 Å². The molecule has 0 aliphatic heterocycles. The van der Waals surface area contributed by atoms with Crippen molar-refractivity contribution in [2.24, 2.45) is 0 Å². The molecule has 0 atom stereocenters. The number of nitriles is 1. The maximum absolute atomic E-state index is 12.6. The molecular formula is C16H12N2OS. The normalized spacial score (nSPS) is 10.7. The molecule has 4 heteroatoms. The molecule has 0 saturated carbocycles. The number of aromatic amines is 1. The molecule has 0 fully saturated rings. The Morgan fingerprint density at radius 1 is 1.35 bits per heavy atom. The van der Waals surface area contributed by atoms with Gasteiger partial charge in [0.1, 0.15) is 0 Å². The van der Waals surface area contributed by atoms with E-state index in [1.54, 1.807) is 12.3 Å². The molecule has 0 spiro atoms. The van der Waals surface area contributed by atoms with Gasteiger partial charge in [-0.3, -0.25) is 4.79 Å². The molecule has 3 nitrogen and oxygen atoms in total. The lowest BCUT2D eigenvalue weighted by molar-refractivity contribution is 0.104. The second kappa shape index (κ2) is 4.62. The molecule has 0 saturated heterocycles. The molecule has 3 rings (SSSR count). The highest BCUT2D eigenvalue weighted by atomic mass is 32.1. The van der Waals surface area contributed by atoms with E-state index in [4.69, 9.17) is 0 Å². The fourth-order valence-electron chi connectivity index (χ4n) is 2.27. The van der Waals surface area contributed by atoms with Crippen LogP contribution in [0.2, 0.25) is 0 Å². The molecule has 3 aromatic rings. The average molecular weight is 280 g/mol. The van der Waals surface area contributed by atoms with Crippen LogP contribution in [0.15, 0.2) is 30.5 Å². The van der Waals surface area contributed by atoms with Crippen LogP contribution in [0.5, 0.6) is 0 Å². The largest absolute Gasteiger partial charge is 0.360 e. The Morgan fingerprint density at radius 3 is 2.80 bits per heavy atom. The van der Waals surface area contributed by atoms with E-state index in [1.165, 1.54) is 11.3 Å². The summed E-state index contributed by atoms with van der Waals surface area (Å²) in [4.78, 5) is 17.6. The fraction of sp³-hybridized carbons (Fsp3) is 0.125. The van der Waals surface area contributed by atoms with Crippen LogP contribution in [0.25, 0.3) is 10.9 Å². The zero-order valence-corrected chi connectivity index (χ0v) is 12.0. The van der Waals surface area contributed by atoms with Gasteiger partial charge >= 0.3 is 0 Å². The number of rotatable bonds is 2. The zero-order valence-electron chi connectivity index (χ0n) is 11.2. The predicted molar refractivity (Wildman–Crippen MR) is 80.2 cm³/mol. The number of fused-ring (bicyclic) bond motifs is 1. The number of carbonyl (C=O) groups excluding carboxylic acids is 1. The Bertz CT molecular complexity index is 845. The maximum Gasteiger partial charge on any atom is 0.205 e. The number of carbonyl (C=O) groups is 1. The molecular weight excluding hydrogens is 268 g/mol. The van der Waals surface area contributed by atoms with Gasteiger partial charge in [-0.2, -0.15) is 5.26 Å². The standard InChI is InChI=1S/C16H12N2OS/c1-9-6-14(20-10(9)2)16(19)12-8-18-13-5-3-4-11(7-17)15(12)13/h3-6,8,18H,1-2H3. The summed E-state index contributed by atoms with van der Waals surface area (Å²) in [5.74, 6) is -0.0276. The lowest BCUT2D eigenvalue weighted by Crippen LogP contribution is -1.98. The third-order valence-electron chi connectivity index (χ3n) is 3.46. The van der Waals surface area contributed by atoms with Crippen LogP contribution in [0.4, 0.5) is 0 Å². The van der Waals surface area contributed by atoms with Gasteiger partial charge in [0.25, 0.3) is 0 Å². The number of nitrogens with one attached hydrogen (secondary N) is 1. The highest BCUT2D eigenvalue weighted by Gasteiger charge is 2.18. The summed E-state index contributed by atoms with van der Waals surface area (Å²) in [5.41, 5.74) is 3.03. The molecule has 2 aromatic heterocycles. The number of nitrogens with zero attached hydrogens (tertiary/aromatic N) is 1.